The zero-order valence-corrected chi connectivity index (χ0v) is 12.0. The maximum atomic E-state index is 11.8. The topological polar surface area (TPSA) is 46.3 Å². The van der Waals surface area contributed by atoms with Gasteiger partial charge in [0.05, 0.1) is 6.04 Å². The Morgan fingerprint density at radius 1 is 1.05 bits per heavy atom. The number of benzene rings is 2. The fourth-order valence-electron chi connectivity index (χ4n) is 3.01. The highest BCUT2D eigenvalue weighted by atomic mass is 16.1. The second-order valence-electron chi connectivity index (χ2n) is 5.60. The highest BCUT2D eigenvalue weighted by Gasteiger charge is 2.29. The molecule has 21 heavy (non-hydrogen) atoms. The van der Waals surface area contributed by atoms with E-state index in [0.29, 0.717) is 0 Å². The van der Waals surface area contributed by atoms with Crippen LogP contribution < -0.4 is 5.73 Å². The molecule has 1 aliphatic heterocycles. The summed E-state index contributed by atoms with van der Waals surface area (Å²) < 4.78 is 0. The lowest BCUT2D eigenvalue weighted by molar-refractivity contribution is -0.123. The van der Waals surface area contributed by atoms with Crippen LogP contribution in [0.1, 0.15) is 16.7 Å². The fourth-order valence-corrected chi connectivity index (χ4v) is 3.01. The minimum absolute atomic E-state index is 0.191. The standard InChI is InChI=1S/C18H20N2O/c19-18(21)17-12-15-8-4-5-9-16(15)13-20(17)11-10-14-6-2-1-3-7-14/h1-9,17H,10-13H2,(H2,19,21)/t17-/m0/s1. The molecule has 2 aromatic rings. The summed E-state index contributed by atoms with van der Waals surface area (Å²) in [7, 11) is 0. The number of hydrogen-bond acceptors (Lipinski definition) is 2. The molecular weight excluding hydrogens is 260 g/mol. The van der Waals surface area contributed by atoms with Gasteiger partial charge in [0.15, 0.2) is 0 Å². The van der Waals surface area contributed by atoms with Gasteiger partial charge in [-0.05, 0) is 29.5 Å². The van der Waals surface area contributed by atoms with Crippen LogP contribution in [0.4, 0.5) is 0 Å². The van der Waals surface area contributed by atoms with Crippen molar-refractivity contribution in [1.82, 2.24) is 4.90 Å². The van der Waals surface area contributed by atoms with Crippen LogP contribution in [-0.4, -0.2) is 23.4 Å². The number of primary amides is 1. The Labute approximate surface area is 125 Å². The van der Waals surface area contributed by atoms with Gasteiger partial charge in [0, 0.05) is 13.1 Å². The Hall–Kier alpha value is -2.13. The molecule has 2 aromatic carbocycles. The van der Waals surface area contributed by atoms with Gasteiger partial charge in [-0.3, -0.25) is 9.69 Å². The van der Waals surface area contributed by atoms with Crippen molar-refractivity contribution in [3.63, 3.8) is 0 Å². The van der Waals surface area contributed by atoms with E-state index in [-0.39, 0.29) is 11.9 Å². The minimum atomic E-state index is -0.224. The first kappa shape index (κ1) is 13.8. The van der Waals surface area contributed by atoms with Gasteiger partial charge in [-0.1, -0.05) is 54.6 Å². The van der Waals surface area contributed by atoms with Gasteiger partial charge in [-0.15, -0.1) is 0 Å². The molecule has 2 N–H and O–H groups in total. The van der Waals surface area contributed by atoms with E-state index in [0.717, 1.165) is 25.9 Å². The maximum absolute atomic E-state index is 11.8. The average molecular weight is 280 g/mol. The molecule has 3 heteroatoms. The number of carbonyl (C=O) groups is 1. The van der Waals surface area contributed by atoms with E-state index in [9.17, 15) is 4.79 Å². The lowest BCUT2D eigenvalue weighted by Crippen LogP contribution is -2.49. The number of amides is 1. The zero-order valence-electron chi connectivity index (χ0n) is 12.0. The molecule has 3 rings (SSSR count). The summed E-state index contributed by atoms with van der Waals surface area (Å²) in [6.45, 7) is 1.66. The molecule has 108 valence electrons. The van der Waals surface area contributed by atoms with Crippen LogP contribution in [0.5, 0.6) is 0 Å². The molecule has 1 atom stereocenters. The summed E-state index contributed by atoms with van der Waals surface area (Å²) in [6.07, 6.45) is 1.66. The SMILES string of the molecule is NC(=O)[C@@H]1Cc2ccccc2CN1CCc1ccccc1. The van der Waals surface area contributed by atoms with E-state index in [1.54, 1.807) is 0 Å². The Morgan fingerprint density at radius 3 is 2.43 bits per heavy atom. The Kier molecular flexibility index (Phi) is 4.02. The van der Waals surface area contributed by atoms with E-state index in [1.807, 2.05) is 24.3 Å². The molecule has 0 aromatic heterocycles. The van der Waals surface area contributed by atoms with Crippen molar-refractivity contribution in [3.05, 3.63) is 71.3 Å². The summed E-state index contributed by atoms with van der Waals surface area (Å²) in [6, 6.07) is 18.5. The van der Waals surface area contributed by atoms with Crippen LogP contribution in [-0.2, 0) is 24.2 Å². The largest absolute Gasteiger partial charge is 0.368 e. The van der Waals surface area contributed by atoms with E-state index in [1.165, 1.54) is 16.7 Å². The van der Waals surface area contributed by atoms with Crippen LogP contribution in [0.3, 0.4) is 0 Å². The molecule has 0 bridgehead atoms. The quantitative estimate of drug-likeness (QED) is 0.932. The third-order valence-corrected chi connectivity index (χ3v) is 4.20. The molecule has 0 saturated carbocycles. The highest BCUT2D eigenvalue weighted by Crippen LogP contribution is 2.23. The van der Waals surface area contributed by atoms with Crippen molar-refractivity contribution in [2.24, 2.45) is 5.73 Å². The van der Waals surface area contributed by atoms with E-state index < -0.39 is 0 Å². The number of rotatable bonds is 4. The van der Waals surface area contributed by atoms with E-state index in [2.05, 4.69) is 35.2 Å². The molecule has 3 nitrogen and oxygen atoms in total. The molecule has 0 fully saturated rings. The van der Waals surface area contributed by atoms with Gasteiger partial charge in [0.2, 0.25) is 5.91 Å². The fraction of sp³-hybridized carbons (Fsp3) is 0.278. The number of nitrogens with two attached hydrogens (primary N) is 1. The smallest absolute Gasteiger partial charge is 0.235 e. The van der Waals surface area contributed by atoms with Gasteiger partial charge in [-0.25, -0.2) is 0 Å². The molecule has 1 aliphatic rings. The normalized spacial score (nSPS) is 18.2. The van der Waals surface area contributed by atoms with Gasteiger partial charge in [-0.2, -0.15) is 0 Å². The Bertz CT molecular complexity index is 624. The summed E-state index contributed by atoms with van der Waals surface area (Å²) in [5, 5.41) is 0. The van der Waals surface area contributed by atoms with Crippen LogP contribution in [0.2, 0.25) is 0 Å². The molecule has 0 unspecified atom stereocenters. The number of fused-ring (bicyclic) bond motifs is 1. The molecule has 1 heterocycles. The van der Waals surface area contributed by atoms with Crippen molar-refractivity contribution in [1.29, 1.82) is 0 Å². The Morgan fingerprint density at radius 2 is 1.71 bits per heavy atom. The maximum Gasteiger partial charge on any atom is 0.235 e. The van der Waals surface area contributed by atoms with Crippen molar-refractivity contribution in [2.45, 2.75) is 25.4 Å². The summed E-state index contributed by atoms with van der Waals surface area (Å²) in [5.74, 6) is -0.224. The van der Waals surface area contributed by atoms with Crippen molar-refractivity contribution in [3.8, 4) is 0 Å². The second-order valence-corrected chi connectivity index (χ2v) is 5.60. The van der Waals surface area contributed by atoms with Crippen molar-refractivity contribution < 1.29 is 4.79 Å². The van der Waals surface area contributed by atoms with E-state index >= 15 is 0 Å². The third kappa shape index (κ3) is 3.14. The average Bonchev–Trinajstić information content (AvgIpc) is 2.53. The molecule has 1 amide bonds. The van der Waals surface area contributed by atoms with Crippen LogP contribution in [0.25, 0.3) is 0 Å². The summed E-state index contributed by atoms with van der Waals surface area (Å²) in [5.41, 5.74) is 9.45. The molecule has 0 saturated heterocycles. The summed E-state index contributed by atoms with van der Waals surface area (Å²) in [4.78, 5) is 14.0. The van der Waals surface area contributed by atoms with Gasteiger partial charge in [0.25, 0.3) is 0 Å². The predicted molar refractivity (Wildman–Crippen MR) is 83.7 cm³/mol. The molecular formula is C18H20N2O. The monoisotopic (exact) mass is 280 g/mol. The van der Waals surface area contributed by atoms with Crippen LogP contribution in [0, 0.1) is 0 Å². The van der Waals surface area contributed by atoms with Crippen LogP contribution in [0.15, 0.2) is 54.6 Å². The van der Waals surface area contributed by atoms with Crippen molar-refractivity contribution >= 4 is 5.91 Å². The van der Waals surface area contributed by atoms with Gasteiger partial charge in [0.1, 0.15) is 0 Å². The lowest BCUT2D eigenvalue weighted by atomic mass is 9.93. The first-order valence-corrected chi connectivity index (χ1v) is 7.38. The molecule has 0 radical (unpaired) electrons. The second kappa shape index (κ2) is 6.10. The lowest BCUT2D eigenvalue weighted by Gasteiger charge is -2.35. The Balaban J connectivity index is 1.75. The predicted octanol–water partition coefficient (Wildman–Crippen LogP) is 2.14. The number of hydrogen-bond donors (Lipinski definition) is 1. The minimum Gasteiger partial charge on any atom is -0.368 e. The number of carbonyl (C=O) groups excluding carboxylic acids is 1. The van der Waals surface area contributed by atoms with Gasteiger partial charge >= 0.3 is 0 Å². The third-order valence-electron chi connectivity index (χ3n) is 4.20. The first-order chi connectivity index (χ1) is 10.2. The molecule has 0 spiro atoms. The number of nitrogens with zero attached hydrogens (tertiary/aromatic N) is 1. The van der Waals surface area contributed by atoms with Crippen LogP contribution >= 0.6 is 0 Å². The summed E-state index contributed by atoms with van der Waals surface area (Å²) >= 11 is 0. The van der Waals surface area contributed by atoms with E-state index in [4.69, 9.17) is 5.73 Å². The zero-order chi connectivity index (χ0) is 14.7. The first-order valence-electron chi connectivity index (χ1n) is 7.38. The van der Waals surface area contributed by atoms with Gasteiger partial charge < -0.3 is 5.73 Å². The molecule has 0 aliphatic carbocycles. The highest BCUT2D eigenvalue weighted by molar-refractivity contribution is 5.80. The van der Waals surface area contributed by atoms with Crippen molar-refractivity contribution in [2.75, 3.05) is 6.54 Å².